The zero-order valence-electron chi connectivity index (χ0n) is 16.8. The summed E-state index contributed by atoms with van der Waals surface area (Å²) in [5.74, 6) is -3.58. The summed E-state index contributed by atoms with van der Waals surface area (Å²) in [5.41, 5.74) is 5.12. The van der Waals surface area contributed by atoms with Crippen molar-refractivity contribution >= 4 is 35.1 Å². The van der Waals surface area contributed by atoms with E-state index >= 15 is 0 Å². The number of piperazine rings is 1. The number of anilines is 1. The maximum absolute atomic E-state index is 14.6. The molecule has 13 heteroatoms. The average Bonchev–Trinajstić information content (AvgIpc) is 2.74. The molecule has 1 saturated heterocycles. The van der Waals surface area contributed by atoms with E-state index in [1.807, 2.05) is 0 Å². The normalized spacial score (nSPS) is 14.6. The number of nitrogens with zero attached hydrogens (tertiary/aromatic N) is 3. The Morgan fingerprint density at radius 2 is 1.73 bits per heavy atom. The standard InChI is InChI=1S/C20H17F6N5OS/c21-12-1-2-13(14(8-12)20(24,25)26)18(32)31-5-3-30(4-6-31)17-9-15(22)11(7-16(17)23)10-28-29-19(27)33/h1-2,7-10H,3-6H2,(H3,27,29,33). The molecule has 3 rings (SSSR count). The fraction of sp³-hybridized carbons (Fsp3) is 0.250. The quantitative estimate of drug-likeness (QED) is 0.299. The van der Waals surface area contributed by atoms with Crippen LogP contribution in [0.4, 0.5) is 32.0 Å². The lowest BCUT2D eigenvalue weighted by Gasteiger charge is -2.36. The molecule has 2 aromatic rings. The molecule has 2 aromatic carbocycles. The Kier molecular flexibility index (Phi) is 7.10. The molecule has 0 aliphatic carbocycles. The van der Waals surface area contributed by atoms with Crippen molar-refractivity contribution in [2.75, 3.05) is 31.1 Å². The average molecular weight is 489 g/mol. The molecule has 33 heavy (non-hydrogen) atoms. The second-order valence-corrected chi connectivity index (χ2v) is 7.47. The Morgan fingerprint density at radius 3 is 2.33 bits per heavy atom. The Morgan fingerprint density at radius 1 is 1.06 bits per heavy atom. The number of hydrazone groups is 1. The number of hydrogen-bond acceptors (Lipinski definition) is 4. The number of rotatable bonds is 4. The number of hydrogen-bond donors (Lipinski definition) is 2. The van der Waals surface area contributed by atoms with Crippen molar-refractivity contribution in [1.82, 2.24) is 10.3 Å². The molecule has 0 radical (unpaired) electrons. The van der Waals surface area contributed by atoms with E-state index < -0.39 is 40.7 Å². The second-order valence-electron chi connectivity index (χ2n) is 7.03. The van der Waals surface area contributed by atoms with Gasteiger partial charge in [0.25, 0.3) is 5.91 Å². The van der Waals surface area contributed by atoms with E-state index in [0.717, 1.165) is 35.4 Å². The predicted molar refractivity (Wildman–Crippen MR) is 113 cm³/mol. The van der Waals surface area contributed by atoms with Crippen LogP contribution in [0.1, 0.15) is 21.5 Å². The highest BCUT2D eigenvalue weighted by Gasteiger charge is 2.37. The van der Waals surface area contributed by atoms with Crippen LogP contribution >= 0.6 is 12.2 Å². The zero-order chi connectivity index (χ0) is 24.3. The predicted octanol–water partition coefficient (Wildman–Crippen LogP) is 3.25. The molecule has 0 atom stereocenters. The highest BCUT2D eigenvalue weighted by molar-refractivity contribution is 7.80. The lowest BCUT2D eigenvalue weighted by molar-refractivity contribution is -0.138. The minimum absolute atomic E-state index is 0.0427. The van der Waals surface area contributed by atoms with Gasteiger partial charge in [-0.1, -0.05) is 0 Å². The minimum atomic E-state index is -4.91. The van der Waals surface area contributed by atoms with Gasteiger partial charge in [0.2, 0.25) is 0 Å². The Labute approximate surface area is 189 Å². The zero-order valence-corrected chi connectivity index (χ0v) is 17.6. The first-order chi connectivity index (χ1) is 15.5. The molecule has 1 fully saturated rings. The summed E-state index contributed by atoms with van der Waals surface area (Å²) in [6.07, 6.45) is -3.91. The molecule has 0 unspecified atom stereocenters. The summed E-state index contributed by atoms with van der Waals surface area (Å²) in [5, 5.41) is 3.41. The number of nitrogens with two attached hydrogens (primary N) is 1. The van der Waals surface area contributed by atoms with Crippen LogP contribution in [0.5, 0.6) is 0 Å². The summed E-state index contributed by atoms with van der Waals surface area (Å²) in [4.78, 5) is 15.3. The first-order valence-corrected chi connectivity index (χ1v) is 9.86. The van der Waals surface area contributed by atoms with Gasteiger partial charge in [-0.2, -0.15) is 18.3 Å². The van der Waals surface area contributed by atoms with Crippen molar-refractivity contribution in [3.05, 3.63) is 64.5 Å². The van der Waals surface area contributed by atoms with Crippen molar-refractivity contribution in [3.8, 4) is 0 Å². The number of alkyl halides is 3. The number of thiocarbonyl (C=S) groups is 1. The third-order valence-electron chi connectivity index (χ3n) is 4.87. The summed E-state index contributed by atoms with van der Waals surface area (Å²) in [6.45, 7) is -0.00650. The first-order valence-electron chi connectivity index (χ1n) is 9.46. The Hall–Kier alpha value is -3.35. The van der Waals surface area contributed by atoms with Crippen LogP contribution in [0.15, 0.2) is 35.4 Å². The van der Waals surface area contributed by atoms with Gasteiger partial charge in [0.1, 0.15) is 17.5 Å². The van der Waals surface area contributed by atoms with E-state index in [2.05, 4.69) is 22.7 Å². The van der Waals surface area contributed by atoms with Gasteiger partial charge >= 0.3 is 6.18 Å². The maximum Gasteiger partial charge on any atom is 0.417 e. The molecule has 1 aliphatic heterocycles. The highest BCUT2D eigenvalue weighted by atomic mass is 32.1. The Bertz CT molecular complexity index is 1100. The fourth-order valence-electron chi connectivity index (χ4n) is 3.32. The molecule has 1 heterocycles. The fourth-order valence-corrected chi connectivity index (χ4v) is 3.37. The van der Waals surface area contributed by atoms with E-state index in [1.165, 1.54) is 4.90 Å². The van der Waals surface area contributed by atoms with Gasteiger partial charge < -0.3 is 15.5 Å². The molecule has 0 saturated carbocycles. The lowest BCUT2D eigenvalue weighted by atomic mass is 10.0. The number of halogens is 6. The monoisotopic (exact) mass is 489 g/mol. The van der Waals surface area contributed by atoms with Crippen molar-refractivity contribution in [1.29, 1.82) is 0 Å². The first kappa shape index (κ1) is 24.3. The number of amides is 1. The summed E-state index contributed by atoms with van der Waals surface area (Å²) < 4.78 is 81.9. The largest absolute Gasteiger partial charge is 0.417 e. The van der Waals surface area contributed by atoms with Crippen LogP contribution < -0.4 is 16.1 Å². The van der Waals surface area contributed by atoms with Crippen molar-refractivity contribution < 1.29 is 31.1 Å². The van der Waals surface area contributed by atoms with Gasteiger partial charge in [-0.15, -0.1) is 0 Å². The van der Waals surface area contributed by atoms with Gasteiger partial charge in [-0.05, 0) is 36.5 Å². The van der Waals surface area contributed by atoms with Gasteiger partial charge in [-0.25, -0.2) is 13.2 Å². The summed E-state index contributed by atoms with van der Waals surface area (Å²) in [7, 11) is 0. The van der Waals surface area contributed by atoms with E-state index in [-0.39, 0.29) is 48.6 Å². The van der Waals surface area contributed by atoms with E-state index in [0.29, 0.717) is 0 Å². The molecule has 176 valence electrons. The van der Waals surface area contributed by atoms with Gasteiger partial charge in [-0.3, -0.25) is 10.2 Å². The third-order valence-corrected chi connectivity index (χ3v) is 4.96. The Balaban J connectivity index is 1.73. The van der Waals surface area contributed by atoms with Gasteiger partial charge in [0.15, 0.2) is 5.11 Å². The minimum Gasteiger partial charge on any atom is -0.375 e. The molecule has 0 bridgehead atoms. The van der Waals surface area contributed by atoms with E-state index in [1.54, 1.807) is 0 Å². The van der Waals surface area contributed by atoms with Crippen LogP contribution in [0.2, 0.25) is 0 Å². The number of carbonyl (C=O) groups excluding carboxylic acids is 1. The smallest absolute Gasteiger partial charge is 0.375 e. The van der Waals surface area contributed by atoms with Gasteiger partial charge in [0.05, 0.1) is 23.0 Å². The van der Waals surface area contributed by atoms with Crippen LogP contribution in [0, 0.1) is 17.5 Å². The van der Waals surface area contributed by atoms with E-state index in [9.17, 15) is 31.1 Å². The molecule has 3 N–H and O–H groups in total. The van der Waals surface area contributed by atoms with Crippen molar-refractivity contribution in [3.63, 3.8) is 0 Å². The van der Waals surface area contributed by atoms with Crippen LogP contribution in [-0.4, -0.2) is 48.3 Å². The van der Waals surface area contributed by atoms with Crippen LogP contribution in [0.25, 0.3) is 0 Å². The van der Waals surface area contributed by atoms with Crippen LogP contribution in [-0.2, 0) is 6.18 Å². The number of benzene rings is 2. The van der Waals surface area contributed by atoms with Crippen molar-refractivity contribution in [2.45, 2.75) is 6.18 Å². The second kappa shape index (κ2) is 9.65. The number of carbonyl (C=O) groups is 1. The molecule has 6 nitrogen and oxygen atoms in total. The summed E-state index contributed by atoms with van der Waals surface area (Å²) in [6, 6.07) is 3.70. The molecule has 0 spiro atoms. The molecular formula is C20H17F6N5OS. The topological polar surface area (TPSA) is 74.0 Å². The third kappa shape index (κ3) is 5.72. The van der Waals surface area contributed by atoms with Crippen molar-refractivity contribution in [2.24, 2.45) is 10.8 Å². The SMILES string of the molecule is NC(=S)NN=Cc1cc(F)c(N2CCN(C(=O)c3ccc(F)cc3C(F)(F)F)CC2)cc1F. The lowest BCUT2D eigenvalue weighted by Crippen LogP contribution is -2.49. The highest BCUT2D eigenvalue weighted by Crippen LogP contribution is 2.33. The van der Waals surface area contributed by atoms with Crippen LogP contribution in [0.3, 0.4) is 0 Å². The molecular weight excluding hydrogens is 472 g/mol. The number of nitrogens with one attached hydrogen (secondary N) is 1. The molecule has 1 aliphatic rings. The summed E-state index contributed by atoms with van der Waals surface area (Å²) >= 11 is 4.54. The van der Waals surface area contributed by atoms with E-state index in [4.69, 9.17) is 5.73 Å². The molecule has 0 aromatic heterocycles. The van der Waals surface area contributed by atoms with Gasteiger partial charge in [0, 0.05) is 37.8 Å². The maximum atomic E-state index is 14.6. The molecule has 1 amide bonds.